The van der Waals surface area contributed by atoms with E-state index < -0.39 is 0 Å². The molecule has 1 aromatic heterocycles. The lowest BCUT2D eigenvalue weighted by atomic mass is 10.2. The van der Waals surface area contributed by atoms with E-state index in [2.05, 4.69) is 10.4 Å². The van der Waals surface area contributed by atoms with E-state index in [1.807, 2.05) is 20.3 Å². The van der Waals surface area contributed by atoms with Gasteiger partial charge in [-0.05, 0) is 26.4 Å². The van der Waals surface area contributed by atoms with Crippen molar-refractivity contribution in [2.24, 2.45) is 7.05 Å². The number of nitrogens with one attached hydrogen (secondary N) is 1. The van der Waals surface area contributed by atoms with E-state index >= 15 is 0 Å². The van der Waals surface area contributed by atoms with Crippen molar-refractivity contribution in [1.82, 2.24) is 15.1 Å². The van der Waals surface area contributed by atoms with E-state index in [0.717, 1.165) is 25.3 Å². The average molecular weight is 211 g/mol. The summed E-state index contributed by atoms with van der Waals surface area (Å²) >= 11 is 0. The second-order valence-electron chi connectivity index (χ2n) is 3.72. The maximum atomic E-state index is 5.53. The molecule has 0 unspecified atom stereocenters. The lowest BCUT2D eigenvalue weighted by molar-refractivity contribution is 0.304. The number of unbranched alkanes of at least 4 members (excludes halogenated alkanes) is 3. The molecule has 1 rings (SSSR count). The van der Waals surface area contributed by atoms with Gasteiger partial charge in [0.05, 0.1) is 19.0 Å². The van der Waals surface area contributed by atoms with Gasteiger partial charge in [-0.2, -0.15) is 5.10 Å². The molecule has 0 aliphatic heterocycles. The number of nitrogens with zero attached hydrogens (tertiary/aromatic N) is 2. The molecule has 0 aliphatic carbocycles. The minimum Gasteiger partial charge on any atom is -0.490 e. The third-order valence-electron chi connectivity index (χ3n) is 2.27. The third-order valence-corrected chi connectivity index (χ3v) is 2.27. The first-order valence-corrected chi connectivity index (χ1v) is 5.59. The molecule has 0 radical (unpaired) electrons. The molecule has 0 aromatic carbocycles. The lowest BCUT2D eigenvalue weighted by Crippen LogP contribution is -2.07. The van der Waals surface area contributed by atoms with Crippen molar-refractivity contribution >= 4 is 0 Å². The molecule has 0 spiro atoms. The minimum atomic E-state index is 0.797. The highest BCUT2D eigenvalue weighted by Gasteiger charge is 1.96. The van der Waals surface area contributed by atoms with Gasteiger partial charge in [-0.1, -0.05) is 12.8 Å². The molecule has 1 N–H and O–H groups in total. The molecule has 1 heterocycles. The lowest BCUT2D eigenvalue weighted by Gasteiger charge is -2.03. The molecule has 0 atom stereocenters. The van der Waals surface area contributed by atoms with E-state index in [1.165, 1.54) is 19.3 Å². The summed E-state index contributed by atoms with van der Waals surface area (Å²) in [5.41, 5.74) is 0. The normalized spacial score (nSPS) is 10.5. The molecule has 1 aromatic rings. The highest BCUT2D eigenvalue weighted by molar-refractivity contribution is 5.10. The van der Waals surface area contributed by atoms with Crippen LogP contribution in [-0.4, -0.2) is 30.0 Å². The van der Waals surface area contributed by atoms with Crippen LogP contribution in [0.25, 0.3) is 0 Å². The quantitative estimate of drug-likeness (QED) is 0.664. The van der Waals surface area contributed by atoms with Gasteiger partial charge in [0, 0.05) is 7.05 Å². The van der Waals surface area contributed by atoms with E-state index in [4.69, 9.17) is 4.74 Å². The summed E-state index contributed by atoms with van der Waals surface area (Å²) in [6.07, 6.45) is 8.53. The fourth-order valence-corrected chi connectivity index (χ4v) is 1.42. The van der Waals surface area contributed by atoms with E-state index in [-0.39, 0.29) is 0 Å². The van der Waals surface area contributed by atoms with Gasteiger partial charge in [-0.3, -0.25) is 4.68 Å². The summed E-state index contributed by atoms with van der Waals surface area (Å²) in [5.74, 6) is 0.868. The van der Waals surface area contributed by atoms with Crippen LogP contribution < -0.4 is 10.1 Å². The van der Waals surface area contributed by atoms with Crippen molar-refractivity contribution in [3.05, 3.63) is 12.4 Å². The van der Waals surface area contributed by atoms with Gasteiger partial charge in [-0.15, -0.1) is 0 Å². The van der Waals surface area contributed by atoms with Crippen LogP contribution in [0.2, 0.25) is 0 Å². The van der Waals surface area contributed by atoms with Crippen molar-refractivity contribution in [2.45, 2.75) is 25.7 Å². The Morgan fingerprint density at radius 3 is 2.80 bits per heavy atom. The van der Waals surface area contributed by atoms with Crippen LogP contribution in [0.5, 0.6) is 5.75 Å². The average Bonchev–Trinajstić information content (AvgIpc) is 2.63. The zero-order valence-corrected chi connectivity index (χ0v) is 9.70. The Labute approximate surface area is 91.6 Å². The molecule has 4 nitrogen and oxygen atoms in total. The zero-order valence-electron chi connectivity index (χ0n) is 9.70. The molecule has 0 fully saturated rings. The van der Waals surface area contributed by atoms with Crippen LogP contribution in [0.3, 0.4) is 0 Å². The second-order valence-corrected chi connectivity index (χ2v) is 3.72. The predicted molar refractivity (Wildman–Crippen MR) is 61.1 cm³/mol. The van der Waals surface area contributed by atoms with E-state index in [9.17, 15) is 0 Å². The van der Waals surface area contributed by atoms with Gasteiger partial charge in [0.1, 0.15) is 0 Å². The minimum absolute atomic E-state index is 0.797. The fraction of sp³-hybridized carbons (Fsp3) is 0.727. The molecule has 4 heteroatoms. The highest BCUT2D eigenvalue weighted by atomic mass is 16.5. The Kier molecular flexibility index (Phi) is 5.85. The van der Waals surface area contributed by atoms with Crippen molar-refractivity contribution in [3.8, 4) is 5.75 Å². The largest absolute Gasteiger partial charge is 0.490 e. The van der Waals surface area contributed by atoms with Crippen LogP contribution in [-0.2, 0) is 7.05 Å². The van der Waals surface area contributed by atoms with Crippen molar-refractivity contribution in [2.75, 3.05) is 20.2 Å². The molecular formula is C11H21N3O. The van der Waals surface area contributed by atoms with E-state index in [1.54, 1.807) is 10.9 Å². The first-order valence-electron chi connectivity index (χ1n) is 5.59. The summed E-state index contributed by atoms with van der Waals surface area (Å²) in [6.45, 7) is 1.91. The Hall–Kier alpha value is -1.03. The Bertz CT molecular complexity index is 260. The second kappa shape index (κ2) is 7.29. The fourth-order valence-electron chi connectivity index (χ4n) is 1.42. The zero-order chi connectivity index (χ0) is 10.9. The summed E-state index contributed by atoms with van der Waals surface area (Å²) in [7, 11) is 3.89. The summed E-state index contributed by atoms with van der Waals surface area (Å²) in [4.78, 5) is 0. The molecule has 86 valence electrons. The number of hydrogen-bond donors (Lipinski definition) is 1. The van der Waals surface area contributed by atoms with Gasteiger partial charge in [0.25, 0.3) is 0 Å². The SMILES string of the molecule is CNCCCCCCOc1cnn(C)c1. The number of aryl methyl sites for hydroxylation is 1. The van der Waals surface area contributed by atoms with Crippen LogP contribution in [0.4, 0.5) is 0 Å². The topological polar surface area (TPSA) is 39.1 Å². The molecule has 0 saturated heterocycles. The molecule has 0 aliphatic rings. The van der Waals surface area contributed by atoms with Crippen LogP contribution in [0.15, 0.2) is 12.4 Å². The number of ether oxygens (including phenoxy) is 1. The third kappa shape index (κ3) is 5.42. The Morgan fingerprint density at radius 1 is 1.33 bits per heavy atom. The summed E-state index contributed by atoms with van der Waals surface area (Å²) in [5, 5.41) is 7.18. The van der Waals surface area contributed by atoms with Crippen molar-refractivity contribution in [3.63, 3.8) is 0 Å². The van der Waals surface area contributed by atoms with Gasteiger partial charge < -0.3 is 10.1 Å². The maximum Gasteiger partial charge on any atom is 0.157 e. The molecule has 0 amide bonds. The highest BCUT2D eigenvalue weighted by Crippen LogP contribution is 2.08. The van der Waals surface area contributed by atoms with Crippen LogP contribution in [0, 0.1) is 0 Å². The smallest absolute Gasteiger partial charge is 0.157 e. The van der Waals surface area contributed by atoms with Gasteiger partial charge in [-0.25, -0.2) is 0 Å². The summed E-state index contributed by atoms with van der Waals surface area (Å²) < 4.78 is 7.29. The summed E-state index contributed by atoms with van der Waals surface area (Å²) in [6, 6.07) is 0. The number of rotatable bonds is 8. The molecular weight excluding hydrogens is 190 g/mol. The first-order chi connectivity index (χ1) is 7.33. The van der Waals surface area contributed by atoms with Crippen molar-refractivity contribution < 1.29 is 4.74 Å². The van der Waals surface area contributed by atoms with Gasteiger partial charge in [0.2, 0.25) is 0 Å². The first kappa shape index (κ1) is 12.0. The molecule has 0 saturated carbocycles. The monoisotopic (exact) mass is 211 g/mol. The Morgan fingerprint density at radius 2 is 2.13 bits per heavy atom. The maximum absolute atomic E-state index is 5.53. The Balaban J connectivity index is 1.93. The number of aromatic nitrogens is 2. The van der Waals surface area contributed by atoms with Crippen molar-refractivity contribution in [1.29, 1.82) is 0 Å². The van der Waals surface area contributed by atoms with Crippen LogP contribution in [0.1, 0.15) is 25.7 Å². The molecule has 15 heavy (non-hydrogen) atoms. The predicted octanol–water partition coefficient (Wildman–Crippen LogP) is 1.58. The number of hydrogen-bond acceptors (Lipinski definition) is 3. The standard InChI is InChI=1S/C11H21N3O/c1-12-7-5-3-4-6-8-15-11-9-13-14(2)10-11/h9-10,12H,3-8H2,1-2H3. The molecule has 0 bridgehead atoms. The van der Waals surface area contributed by atoms with Crippen LogP contribution >= 0.6 is 0 Å². The van der Waals surface area contributed by atoms with Gasteiger partial charge in [0.15, 0.2) is 5.75 Å². The van der Waals surface area contributed by atoms with E-state index in [0.29, 0.717) is 0 Å². The van der Waals surface area contributed by atoms with Gasteiger partial charge >= 0.3 is 0 Å².